The van der Waals surface area contributed by atoms with Crippen molar-refractivity contribution in [3.05, 3.63) is 71.9 Å². The normalized spacial score (nSPS) is 21.7. The van der Waals surface area contributed by atoms with Crippen LogP contribution in [0.5, 0.6) is 5.75 Å². The number of rotatable bonds is 4. The molecule has 0 unspecified atom stereocenters. The van der Waals surface area contributed by atoms with Gasteiger partial charge in [0.25, 0.3) is 0 Å². The molecule has 0 radical (unpaired) electrons. The van der Waals surface area contributed by atoms with Crippen molar-refractivity contribution >= 4 is 22.7 Å². The number of phenols is 1. The van der Waals surface area contributed by atoms with Gasteiger partial charge in [-0.1, -0.05) is 36.4 Å². The molecule has 3 heterocycles. The highest BCUT2D eigenvalue weighted by molar-refractivity contribution is 5.97. The number of amides is 2. The lowest BCUT2D eigenvalue weighted by atomic mass is 9.98. The lowest BCUT2D eigenvalue weighted by Gasteiger charge is -2.45. The van der Waals surface area contributed by atoms with Gasteiger partial charge in [0.1, 0.15) is 17.8 Å². The zero-order valence-corrected chi connectivity index (χ0v) is 17.1. The van der Waals surface area contributed by atoms with E-state index in [0.717, 1.165) is 22.0 Å². The second-order valence-electron chi connectivity index (χ2n) is 8.21. The van der Waals surface area contributed by atoms with Crippen LogP contribution in [0.1, 0.15) is 11.1 Å². The molecular formula is C24H24N4O3. The molecule has 0 aliphatic carbocycles. The van der Waals surface area contributed by atoms with Crippen LogP contribution < -0.4 is 5.32 Å². The summed E-state index contributed by atoms with van der Waals surface area (Å²) in [5, 5.41) is 13.5. The summed E-state index contributed by atoms with van der Waals surface area (Å²) < 4.78 is 0. The van der Waals surface area contributed by atoms with Gasteiger partial charge < -0.3 is 15.3 Å². The van der Waals surface area contributed by atoms with Crippen molar-refractivity contribution in [1.29, 1.82) is 0 Å². The Morgan fingerprint density at radius 3 is 2.68 bits per heavy atom. The van der Waals surface area contributed by atoms with E-state index in [9.17, 15) is 14.7 Å². The first-order valence-corrected chi connectivity index (χ1v) is 10.5. The van der Waals surface area contributed by atoms with E-state index in [1.165, 1.54) is 0 Å². The number of pyridine rings is 1. The number of carbonyl (C=O) groups excluding carboxylic acids is 2. The molecule has 5 rings (SSSR count). The maximum Gasteiger partial charge on any atom is 0.246 e. The molecule has 2 N–H and O–H groups in total. The quantitative estimate of drug-likeness (QED) is 0.676. The van der Waals surface area contributed by atoms with Gasteiger partial charge in [0.2, 0.25) is 11.8 Å². The zero-order chi connectivity index (χ0) is 21.4. The largest absolute Gasteiger partial charge is 0.508 e. The van der Waals surface area contributed by atoms with Gasteiger partial charge in [-0.2, -0.15) is 0 Å². The van der Waals surface area contributed by atoms with Gasteiger partial charge in [-0.3, -0.25) is 19.5 Å². The third-order valence-electron chi connectivity index (χ3n) is 6.15. The van der Waals surface area contributed by atoms with Gasteiger partial charge >= 0.3 is 0 Å². The number of nitrogens with zero attached hydrogens (tertiary/aromatic N) is 3. The summed E-state index contributed by atoms with van der Waals surface area (Å²) in [5.74, 6) is 0.0358. The minimum absolute atomic E-state index is 0.0378. The van der Waals surface area contributed by atoms with Crippen molar-refractivity contribution in [2.75, 3.05) is 19.6 Å². The fourth-order valence-electron chi connectivity index (χ4n) is 4.54. The van der Waals surface area contributed by atoms with Crippen molar-refractivity contribution < 1.29 is 14.7 Å². The Morgan fingerprint density at radius 1 is 1.03 bits per heavy atom. The van der Waals surface area contributed by atoms with E-state index in [1.807, 2.05) is 24.3 Å². The number of fused-ring (bicyclic) bond motifs is 2. The van der Waals surface area contributed by atoms with E-state index < -0.39 is 12.1 Å². The molecule has 2 atom stereocenters. The number of phenolic OH excluding ortho intramolecular Hbond substituents is 1. The predicted octanol–water partition coefficient (Wildman–Crippen LogP) is 1.69. The standard InChI is InChI=1S/C24H24N4O3/c29-19-8-6-16(7-9-19)13-20-24(31)28-12-11-27(15-21(28)23(30)26-20)14-18-4-1-3-17-5-2-10-25-22(17)18/h1-10,20-21,29H,11-15H2,(H,26,30)/t20-,21-/m1/s1. The maximum absolute atomic E-state index is 13.0. The van der Waals surface area contributed by atoms with Crippen LogP contribution in [0.25, 0.3) is 10.9 Å². The number of benzene rings is 2. The number of hydrogen-bond donors (Lipinski definition) is 2. The first kappa shape index (κ1) is 19.5. The number of hydrogen-bond acceptors (Lipinski definition) is 5. The molecule has 31 heavy (non-hydrogen) atoms. The summed E-state index contributed by atoms with van der Waals surface area (Å²) in [6.07, 6.45) is 2.21. The Hall–Kier alpha value is -3.45. The van der Waals surface area contributed by atoms with Gasteiger partial charge in [-0.25, -0.2) is 0 Å². The summed E-state index contributed by atoms with van der Waals surface area (Å²) in [5.41, 5.74) is 3.00. The van der Waals surface area contributed by atoms with Crippen LogP contribution in [0, 0.1) is 0 Å². The van der Waals surface area contributed by atoms with Gasteiger partial charge in [0.05, 0.1) is 5.52 Å². The minimum Gasteiger partial charge on any atom is -0.508 e. The van der Waals surface area contributed by atoms with Gasteiger partial charge in [0, 0.05) is 44.2 Å². The third-order valence-corrected chi connectivity index (χ3v) is 6.15. The molecule has 2 aromatic carbocycles. The SMILES string of the molecule is O=C1N[C@H](Cc2ccc(O)cc2)C(=O)N2CCN(Cc3cccc4cccnc34)C[C@H]12. The monoisotopic (exact) mass is 416 g/mol. The van der Waals surface area contributed by atoms with Crippen LogP contribution in [-0.2, 0) is 22.6 Å². The zero-order valence-electron chi connectivity index (χ0n) is 17.1. The average molecular weight is 416 g/mol. The fraction of sp³-hybridized carbons (Fsp3) is 0.292. The number of aromatic hydroxyl groups is 1. The second kappa shape index (κ2) is 8.00. The fourth-order valence-corrected chi connectivity index (χ4v) is 4.54. The van der Waals surface area contributed by atoms with E-state index in [1.54, 1.807) is 35.4 Å². The second-order valence-corrected chi connectivity index (χ2v) is 8.21. The average Bonchev–Trinajstić information content (AvgIpc) is 2.79. The minimum atomic E-state index is -0.567. The van der Waals surface area contributed by atoms with Crippen LogP contribution in [0.2, 0.25) is 0 Å². The van der Waals surface area contributed by atoms with Crippen LogP contribution in [-0.4, -0.2) is 63.4 Å². The van der Waals surface area contributed by atoms with E-state index in [4.69, 9.17) is 0 Å². The maximum atomic E-state index is 13.0. The molecule has 0 spiro atoms. The van der Waals surface area contributed by atoms with Crippen molar-refractivity contribution in [3.8, 4) is 5.75 Å². The van der Waals surface area contributed by atoms with Crippen LogP contribution in [0.4, 0.5) is 0 Å². The molecule has 0 saturated carbocycles. The molecule has 2 aliphatic rings. The Labute approximate surface area is 180 Å². The molecule has 2 amide bonds. The van der Waals surface area contributed by atoms with Crippen LogP contribution in [0.15, 0.2) is 60.8 Å². The lowest BCUT2D eigenvalue weighted by molar-refractivity contribution is -0.153. The highest BCUT2D eigenvalue weighted by Crippen LogP contribution is 2.23. The Bertz CT molecular complexity index is 1130. The number of carbonyl (C=O) groups is 2. The molecule has 7 nitrogen and oxygen atoms in total. The van der Waals surface area contributed by atoms with Crippen molar-refractivity contribution in [2.24, 2.45) is 0 Å². The molecule has 2 fully saturated rings. The highest BCUT2D eigenvalue weighted by atomic mass is 16.3. The first-order chi connectivity index (χ1) is 15.1. The third kappa shape index (κ3) is 3.84. The summed E-state index contributed by atoms with van der Waals surface area (Å²) in [6, 6.07) is 15.8. The molecule has 0 bridgehead atoms. The number of para-hydroxylation sites is 1. The first-order valence-electron chi connectivity index (χ1n) is 10.5. The van der Waals surface area contributed by atoms with Crippen LogP contribution >= 0.6 is 0 Å². The summed E-state index contributed by atoms with van der Waals surface area (Å²) in [7, 11) is 0. The molecule has 3 aromatic rings. The number of nitrogens with one attached hydrogen (secondary N) is 1. The van der Waals surface area contributed by atoms with E-state index >= 15 is 0 Å². The molecule has 158 valence electrons. The predicted molar refractivity (Wildman–Crippen MR) is 116 cm³/mol. The summed E-state index contributed by atoms with van der Waals surface area (Å²) in [6.45, 7) is 2.44. The number of aromatic nitrogens is 1. The van der Waals surface area contributed by atoms with Crippen LogP contribution in [0.3, 0.4) is 0 Å². The summed E-state index contributed by atoms with van der Waals surface area (Å²) >= 11 is 0. The van der Waals surface area contributed by atoms with Gasteiger partial charge in [-0.05, 0) is 29.3 Å². The topological polar surface area (TPSA) is 85.8 Å². The highest BCUT2D eigenvalue weighted by Gasteiger charge is 2.43. The summed E-state index contributed by atoms with van der Waals surface area (Å²) in [4.78, 5) is 34.4. The molecule has 1 aromatic heterocycles. The van der Waals surface area contributed by atoms with Gasteiger partial charge in [0.15, 0.2) is 0 Å². The van der Waals surface area contributed by atoms with E-state index in [-0.39, 0.29) is 17.6 Å². The van der Waals surface area contributed by atoms with Gasteiger partial charge in [-0.15, -0.1) is 0 Å². The van der Waals surface area contributed by atoms with Crippen molar-refractivity contribution in [1.82, 2.24) is 20.1 Å². The molecular weight excluding hydrogens is 392 g/mol. The molecule has 2 aliphatic heterocycles. The Balaban J connectivity index is 1.28. The lowest BCUT2D eigenvalue weighted by Crippen LogP contribution is -2.69. The molecule has 7 heteroatoms. The van der Waals surface area contributed by atoms with E-state index in [0.29, 0.717) is 32.6 Å². The molecule has 2 saturated heterocycles. The van der Waals surface area contributed by atoms with Crippen molar-refractivity contribution in [3.63, 3.8) is 0 Å². The van der Waals surface area contributed by atoms with E-state index in [2.05, 4.69) is 21.3 Å². The Kier molecular flexibility index (Phi) is 5.03. The van der Waals surface area contributed by atoms with Crippen molar-refractivity contribution in [2.45, 2.75) is 25.0 Å². The number of piperazine rings is 2. The smallest absolute Gasteiger partial charge is 0.246 e. The Morgan fingerprint density at radius 2 is 1.84 bits per heavy atom.